The van der Waals surface area contributed by atoms with E-state index in [4.69, 9.17) is 16.3 Å². The average Bonchev–Trinajstić information content (AvgIpc) is 2.43. The van der Waals surface area contributed by atoms with Crippen LogP contribution in [0.1, 0.15) is 32.3 Å². The molecule has 0 aliphatic carbocycles. The van der Waals surface area contributed by atoms with Crippen molar-refractivity contribution >= 4 is 11.6 Å². The van der Waals surface area contributed by atoms with Crippen molar-refractivity contribution < 1.29 is 9.13 Å². The molecule has 0 aliphatic heterocycles. The highest BCUT2D eigenvalue weighted by atomic mass is 35.5. The Bertz CT molecular complexity index is 399. The van der Waals surface area contributed by atoms with E-state index in [0.717, 1.165) is 18.4 Å². The van der Waals surface area contributed by atoms with Crippen LogP contribution in [0.2, 0.25) is 5.02 Å². The number of ether oxygens (including phenoxy) is 1. The van der Waals surface area contributed by atoms with Gasteiger partial charge >= 0.3 is 0 Å². The van der Waals surface area contributed by atoms with Gasteiger partial charge in [0.2, 0.25) is 0 Å². The Kier molecular flexibility index (Phi) is 6.24. The van der Waals surface area contributed by atoms with Crippen molar-refractivity contribution in [2.75, 3.05) is 14.2 Å². The van der Waals surface area contributed by atoms with E-state index in [9.17, 15) is 4.39 Å². The van der Waals surface area contributed by atoms with E-state index in [1.807, 2.05) is 13.1 Å². The molecule has 4 heteroatoms. The van der Waals surface area contributed by atoms with Gasteiger partial charge in [-0.05, 0) is 44.0 Å². The van der Waals surface area contributed by atoms with E-state index in [-0.39, 0.29) is 22.5 Å². The fourth-order valence-corrected chi connectivity index (χ4v) is 2.74. The second-order valence-corrected chi connectivity index (χ2v) is 5.18. The van der Waals surface area contributed by atoms with Gasteiger partial charge < -0.3 is 10.1 Å². The average molecular weight is 288 g/mol. The topological polar surface area (TPSA) is 21.3 Å². The molecule has 0 saturated carbocycles. The second-order valence-electron chi connectivity index (χ2n) is 4.77. The predicted octanol–water partition coefficient (Wildman–Crippen LogP) is 3.81. The van der Waals surface area contributed by atoms with Gasteiger partial charge in [-0.15, -0.1) is 0 Å². The minimum Gasteiger partial charge on any atom is -0.377 e. The van der Waals surface area contributed by atoms with Crippen molar-refractivity contribution in [1.82, 2.24) is 5.32 Å². The van der Waals surface area contributed by atoms with E-state index in [1.165, 1.54) is 6.07 Å². The van der Waals surface area contributed by atoms with Gasteiger partial charge in [0, 0.05) is 13.2 Å². The Labute approximate surface area is 120 Å². The fourth-order valence-electron chi connectivity index (χ4n) is 2.63. The largest absolute Gasteiger partial charge is 0.377 e. The molecule has 0 radical (unpaired) electrons. The van der Waals surface area contributed by atoms with Gasteiger partial charge in [-0.1, -0.05) is 31.5 Å². The highest BCUT2D eigenvalue weighted by molar-refractivity contribution is 6.30. The zero-order chi connectivity index (χ0) is 14.5. The molecule has 1 atom stereocenters. The summed E-state index contributed by atoms with van der Waals surface area (Å²) in [6.45, 7) is 4.22. The number of methoxy groups -OCH3 is 1. The first-order valence-electron chi connectivity index (χ1n) is 6.69. The summed E-state index contributed by atoms with van der Waals surface area (Å²) in [6.07, 6.45) is 2.52. The van der Waals surface area contributed by atoms with Crippen LogP contribution in [0.25, 0.3) is 0 Å². The van der Waals surface area contributed by atoms with E-state index in [1.54, 1.807) is 13.2 Å². The Morgan fingerprint density at radius 3 is 2.42 bits per heavy atom. The highest BCUT2D eigenvalue weighted by Gasteiger charge is 2.34. The Morgan fingerprint density at radius 2 is 2.00 bits per heavy atom. The number of likely N-dealkylation sites (N-methyl/N-ethyl adjacent to an activating group) is 1. The van der Waals surface area contributed by atoms with Gasteiger partial charge in [0.15, 0.2) is 0 Å². The molecule has 1 rings (SSSR count). The summed E-state index contributed by atoms with van der Waals surface area (Å²) >= 11 is 5.71. The third-order valence-electron chi connectivity index (χ3n) is 4.01. The molecule has 1 aromatic rings. The summed E-state index contributed by atoms with van der Waals surface area (Å²) in [5, 5.41) is 3.46. The van der Waals surface area contributed by atoms with Gasteiger partial charge in [0.25, 0.3) is 0 Å². The van der Waals surface area contributed by atoms with Crippen LogP contribution in [0.15, 0.2) is 18.2 Å². The summed E-state index contributed by atoms with van der Waals surface area (Å²) < 4.78 is 19.2. The van der Waals surface area contributed by atoms with E-state index in [0.29, 0.717) is 6.42 Å². The number of nitrogens with one attached hydrogen (secondary N) is 1. The Hall–Kier alpha value is -0.640. The number of rotatable bonds is 7. The first kappa shape index (κ1) is 16.4. The molecule has 0 fully saturated rings. The number of halogens is 2. The van der Waals surface area contributed by atoms with E-state index >= 15 is 0 Å². The minimum atomic E-state index is -0.370. The van der Waals surface area contributed by atoms with Crippen molar-refractivity contribution in [3.05, 3.63) is 34.6 Å². The van der Waals surface area contributed by atoms with Crippen LogP contribution in [0.4, 0.5) is 4.39 Å². The van der Waals surface area contributed by atoms with Crippen LogP contribution in [0, 0.1) is 5.82 Å². The molecule has 1 N–H and O–H groups in total. The maximum Gasteiger partial charge on any atom is 0.142 e. The third kappa shape index (κ3) is 3.68. The van der Waals surface area contributed by atoms with Gasteiger partial charge in [-0.3, -0.25) is 0 Å². The lowest BCUT2D eigenvalue weighted by molar-refractivity contribution is -0.0454. The normalized spacial score (nSPS) is 13.6. The molecule has 0 spiro atoms. The van der Waals surface area contributed by atoms with Gasteiger partial charge in [-0.2, -0.15) is 0 Å². The quantitative estimate of drug-likeness (QED) is 0.823. The van der Waals surface area contributed by atoms with Crippen molar-refractivity contribution in [3.63, 3.8) is 0 Å². The molecule has 2 nitrogen and oxygen atoms in total. The lowest BCUT2D eigenvalue weighted by atomic mass is 9.84. The first-order chi connectivity index (χ1) is 9.02. The molecular formula is C15H23ClFNO. The maximum atomic E-state index is 13.5. The predicted molar refractivity (Wildman–Crippen MR) is 78.3 cm³/mol. The lowest BCUT2D eigenvalue weighted by Gasteiger charge is -2.38. The molecule has 0 aromatic heterocycles. The lowest BCUT2D eigenvalue weighted by Crippen LogP contribution is -2.51. The highest BCUT2D eigenvalue weighted by Crippen LogP contribution is 2.27. The van der Waals surface area contributed by atoms with E-state index < -0.39 is 0 Å². The van der Waals surface area contributed by atoms with Gasteiger partial charge in [-0.25, -0.2) is 4.39 Å². The van der Waals surface area contributed by atoms with Gasteiger partial charge in [0.1, 0.15) is 5.82 Å². The molecule has 108 valence electrons. The molecule has 1 aromatic carbocycles. The molecular weight excluding hydrogens is 265 g/mol. The molecule has 19 heavy (non-hydrogen) atoms. The van der Waals surface area contributed by atoms with Crippen molar-refractivity contribution in [2.24, 2.45) is 0 Å². The minimum absolute atomic E-state index is 0.132. The summed E-state index contributed by atoms with van der Waals surface area (Å²) in [5.41, 5.74) is 0.690. The number of hydrogen-bond donors (Lipinski definition) is 1. The van der Waals surface area contributed by atoms with Crippen LogP contribution in [0.3, 0.4) is 0 Å². The van der Waals surface area contributed by atoms with Crippen LogP contribution in [-0.2, 0) is 11.2 Å². The Morgan fingerprint density at radius 1 is 1.37 bits per heavy atom. The SMILES string of the molecule is CCC(CC)(OC)C(Cc1ccc(Cl)c(F)c1)NC. The van der Waals surface area contributed by atoms with Crippen molar-refractivity contribution in [3.8, 4) is 0 Å². The summed E-state index contributed by atoms with van der Waals surface area (Å²) in [4.78, 5) is 0. The molecule has 0 bridgehead atoms. The zero-order valence-corrected chi connectivity index (χ0v) is 12.9. The molecule has 0 amide bonds. The molecule has 0 saturated heterocycles. The fraction of sp³-hybridized carbons (Fsp3) is 0.600. The van der Waals surface area contributed by atoms with Crippen LogP contribution < -0.4 is 5.32 Å². The molecule has 1 unspecified atom stereocenters. The standard InChI is InChI=1S/C15H23ClFNO/c1-5-15(6-2,19-4)14(18-3)10-11-7-8-12(16)13(17)9-11/h7-9,14,18H,5-6,10H2,1-4H3. The number of benzene rings is 1. The molecule has 0 heterocycles. The van der Waals surface area contributed by atoms with Crippen molar-refractivity contribution in [2.45, 2.75) is 44.8 Å². The smallest absolute Gasteiger partial charge is 0.142 e. The van der Waals surface area contributed by atoms with Crippen LogP contribution in [-0.4, -0.2) is 25.8 Å². The monoisotopic (exact) mass is 287 g/mol. The summed E-state index contributed by atoms with van der Waals surface area (Å²) in [7, 11) is 3.65. The van der Waals surface area contributed by atoms with Crippen LogP contribution in [0.5, 0.6) is 0 Å². The maximum absolute atomic E-state index is 13.5. The zero-order valence-electron chi connectivity index (χ0n) is 12.1. The van der Waals surface area contributed by atoms with Crippen LogP contribution >= 0.6 is 11.6 Å². The van der Waals surface area contributed by atoms with E-state index in [2.05, 4.69) is 19.2 Å². The second kappa shape index (κ2) is 7.22. The Balaban J connectivity index is 2.95. The third-order valence-corrected chi connectivity index (χ3v) is 4.32. The summed E-state index contributed by atoms with van der Waals surface area (Å²) in [5.74, 6) is -0.370. The van der Waals surface area contributed by atoms with Crippen molar-refractivity contribution in [1.29, 1.82) is 0 Å². The molecule has 0 aliphatic rings. The summed E-state index contributed by atoms with van der Waals surface area (Å²) in [6, 6.07) is 5.10. The van der Waals surface area contributed by atoms with Gasteiger partial charge in [0.05, 0.1) is 10.6 Å². The number of hydrogen-bond acceptors (Lipinski definition) is 2. The first-order valence-corrected chi connectivity index (χ1v) is 7.07.